The first-order chi connectivity index (χ1) is 12.9. The molecule has 0 saturated heterocycles. The smallest absolute Gasteiger partial charge is 0.344 e. The van der Waals surface area contributed by atoms with E-state index in [1.165, 1.54) is 20.1 Å². The lowest BCUT2D eigenvalue weighted by atomic mass is 10.0. The number of benzene rings is 3. The Morgan fingerprint density at radius 2 is 1.78 bits per heavy atom. The van der Waals surface area contributed by atoms with E-state index in [9.17, 15) is 19.8 Å². The summed E-state index contributed by atoms with van der Waals surface area (Å²) in [7, 11) is 1.46. The van der Waals surface area contributed by atoms with Crippen molar-refractivity contribution in [2.45, 2.75) is 6.92 Å². The Morgan fingerprint density at radius 3 is 2.48 bits per heavy atom. The number of rotatable bonds is 2. The lowest BCUT2D eigenvalue weighted by Crippen LogP contribution is -2.04. The maximum atomic E-state index is 12.5. The second kappa shape index (κ2) is 5.91. The molecule has 4 aromatic rings. The molecule has 1 heterocycles. The minimum Gasteiger partial charge on any atom is -0.508 e. The van der Waals surface area contributed by atoms with Gasteiger partial charge in [-0.15, -0.1) is 0 Å². The molecule has 0 bridgehead atoms. The second-order valence-corrected chi connectivity index (χ2v) is 6.00. The molecular formula is C20H14O7. The van der Waals surface area contributed by atoms with Crippen molar-refractivity contribution in [1.29, 1.82) is 0 Å². The third-order valence-corrected chi connectivity index (χ3v) is 4.30. The van der Waals surface area contributed by atoms with Crippen LogP contribution in [-0.2, 0) is 4.79 Å². The highest BCUT2D eigenvalue weighted by Gasteiger charge is 2.19. The summed E-state index contributed by atoms with van der Waals surface area (Å²) in [6.07, 6.45) is 0. The van der Waals surface area contributed by atoms with Crippen LogP contribution in [0.3, 0.4) is 0 Å². The van der Waals surface area contributed by atoms with Gasteiger partial charge in [-0.2, -0.15) is 0 Å². The summed E-state index contributed by atoms with van der Waals surface area (Å²) in [5, 5.41) is 21.7. The topological polar surface area (TPSA) is 106 Å². The average molecular weight is 366 g/mol. The van der Waals surface area contributed by atoms with Crippen molar-refractivity contribution < 1.29 is 28.9 Å². The largest absolute Gasteiger partial charge is 0.508 e. The second-order valence-electron chi connectivity index (χ2n) is 6.00. The van der Waals surface area contributed by atoms with Crippen LogP contribution in [-0.4, -0.2) is 23.3 Å². The molecule has 0 saturated carbocycles. The van der Waals surface area contributed by atoms with Crippen LogP contribution >= 0.6 is 0 Å². The fourth-order valence-corrected chi connectivity index (χ4v) is 3.29. The van der Waals surface area contributed by atoms with Crippen LogP contribution in [0.1, 0.15) is 6.92 Å². The van der Waals surface area contributed by atoms with Crippen LogP contribution in [0, 0.1) is 0 Å². The van der Waals surface area contributed by atoms with Gasteiger partial charge in [0.05, 0.1) is 17.9 Å². The quantitative estimate of drug-likeness (QED) is 0.242. The van der Waals surface area contributed by atoms with E-state index in [1.54, 1.807) is 24.3 Å². The summed E-state index contributed by atoms with van der Waals surface area (Å²) in [6, 6.07) is 8.92. The number of ether oxygens (including phenoxy) is 2. The summed E-state index contributed by atoms with van der Waals surface area (Å²) in [6.45, 7) is 1.28. The van der Waals surface area contributed by atoms with Crippen molar-refractivity contribution in [1.82, 2.24) is 0 Å². The molecule has 7 nitrogen and oxygen atoms in total. The van der Waals surface area contributed by atoms with Gasteiger partial charge in [0.2, 0.25) is 0 Å². The molecule has 4 rings (SSSR count). The van der Waals surface area contributed by atoms with Crippen LogP contribution in [0.5, 0.6) is 23.0 Å². The molecule has 27 heavy (non-hydrogen) atoms. The lowest BCUT2D eigenvalue weighted by molar-refractivity contribution is -0.131. The van der Waals surface area contributed by atoms with Gasteiger partial charge in [0.1, 0.15) is 28.6 Å². The monoisotopic (exact) mass is 366 g/mol. The lowest BCUT2D eigenvalue weighted by Gasteiger charge is -2.13. The SMILES string of the molecule is COc1cc2c(oc(=O)c3cc(O)cc(O)c32)c2cccc(OC(C)=O)c12. The molecule has 0 radical (unpaired) electrons. The molecule has 0 aliphatic rings. The molecular weight excluding hydrogens is 352 g/mol. The third-order valence-electron chi connectivity index (χ3n) is 4.30. The molecule has 0 unspecified atom stereocenters. The van der Waals surface area contributed by atoms with Gasteiger partial charge in [-0.05, 0) is 18.2 Å². The molecule has 0 spiro atoms. The Kier molecular flexibility index (Phi) is 3.66. The maximum Gasteiger partial charge on any atom is 0.344 e. The number of carbonyl (C=O) groups excluding carboxylic acids is 1. The van der Waals surface area contributed by atoms with E-state index < -0.39 is 11.6 Å². The molecule has 0 aliphatic heterocycles. The molecule has 136 valence electrons. The van der Waals surface area contributed by atoms with Crippen molar-refractivity contribution >= 4 is 38.5 Å². The van der Waals surface area contributed by atoms with E-state index in [1.807, 2.05) is 0 Å². The molecule has 7 heteroatoms. The standard InChI is InChI=1S/C20H14O7/c1-9(21)26-15-5-3-4-11-18(15)16(25-2)8-12-17-13(20(24)27-19(11)12)6-10(22)7-14(17)23/h3-8,22-23H,1-2H3. The zero-order chi connectivity index (χ0) is 19.3. The minimum atomic E-state index is -0.715. The van der Waals surface area contributed by atoms with Gasteiger partial charge in [0.15, 0.2) is 0 Å². The fourth-order valence-electron chi connectivity index (χ4n) is 3.29. The Labute approximate surface area is 152 Å². The first-order valence-corrected chi connectivity index (χ1v) is 8.01. The number of methoxy groups -OCH3 is 1. The summed E-state index contributed by atoms with van der Waals surface area (Å²) >= 11 is 0. The maximum absolute atomic E-state index is 12.5. The van der Waals surface area contributed by atoms with E-state index in [0.717, 1.165) is 6.07 Å². The zero-order valence-corrected chi connectivity index (χ0v) is 14.4. The summed E-state index contributed by atoms with van der Waals surface area (Å²) < 4.78 is 16.2. The highest BCUT2D eigenvalue weighted by atomic mass is 16.5. The number of carbonyl (C=O) groups is 1. The van der Waals surface area contributed by atoms with Gasteiger partial charge >= 0.3 is 11.6 Å². The summed E-state index contributed by atoms with van der Waals surface area (Å²) in [4.78, 5) is 23.9. The predicted octanol–water partition coefficient (Wildman–Crippen LogP) is 3.44. The van der Waals surface area contributed by atoms with E-state index in [0.29, 0.717) is 21.9 Å². The summed E-state index contributed by atoms with van der Waals surface area (Å²) in [5.41, 5.74) is -0.508. The number of phenols is 2. The highest BCUT2D eigenvalue weighted by molar-refractivity contribution is 6.18. The number of aromatic hydroxyl groups is 2. The van der Waals surface area contributed by atoms with Crippen LogP contribution in [0.2, 0.25) is 0 Å². The average Bonchev–Trinajstić information content (AvgIpc) is 2.61. The van der Waals surface area contributed by atoms with Gasteiger partial charge < -0.3 is 24.1 Å². The van der Waals surface area contributed by atoms with E-state index in [-0.39, 0.29) is 33.6 Å². The molecule has 0 amide bonds. The van der Waals surface area contributed by atoms with Crippen molar-refractivity contribution in [2.75, 3.05) is 7.11 Å². The van der Waals surface area contributed by atoms with E-state index >= 15 is 0 Å². The highest BCUT2D eigenvalue weighted by Crippen LogP contribution is 2.42. The first kappa shape index (κ1) is 16.7. The van der Waals surface area contributed by atoms with Crippen LogP contribution < -0.4 is 15.1 Å². The van der Waals surface area contributed by atoms with Gasteiger partial charge in [0.25, 0.3) is 0 Å². The molecule has 0 aliphatic carbocycles. The molecule has 0 fully saturated rings. The number of hydrogen-bond donors (Lipinski definition) is 2. The third kappa shape index (κ3) is 2.52. The van der Waals surface area contributed by atoms with Crippen LogP contribution in [0.25, 0.3) is 32.5 Å². The molecule has 3 aromatic carbocycles. The van der Waals surface area contributed by atoms with Crippen molar-refractivity contribution in [3.8, 4) is 23.0 Å². The van der Waals surface area contributed by atoms with Gasteiger partial charge in [-0.3, -0.25) is 4.79 Å². The van der Waals surface area contributed by atoms with Crippen molar-refractivity contribution in [3.05, 3.63) is 46.8 Å². The minimum absolute atomic E-state index is 0.0394. The van der Waals surface area contributed by atoms with E-state index in [4.69, 9.17) is 13.9 Å². The Bertz CT molecular complexity index is 1300. The molecule has 1 aromatic heterocycles. The molecule has 0 atom stereocenters. The number of hydrogen-bond acceptors (Lipinski definition) is 7. The van der Waals surface area contributed by atoms with Crippen LogP contribution in [0.4, 0.5) is 0 Å². The first-order valence-electron chi connectivity index (χ1n) is 8.01. The Hall–Kier alpha value is -3.74. The van der Waals surface area contributed by atoms with E-state index in [2.05, 4.69) is 0 Å². The van der Waals surface area contributed by atoms with Crippen molar-refractivity contribution in [3.63, 3.8) is 0 Å². The molecule has 2 N–H and O–H groups in total. The van der Waals surface area contributed by atoms with Gasteiger partial charge in [0, 0.05) is 29.1 Å². The number of phenolic OH excluding ortho intramolecular Hbond substituents is 2. The number of fused-ring (bicyclic) bond motifs is 5. The number of esters is 1. The Balaban J connectivity index is 2.27. The summed E-state index contributed by atoms with van der Waals surface area (Å²) in [5.74, 6) is -0.386. The van der Waals surface area contributed by atoms with Crippen LogP contribution in [0.15, 0.2) is 45.6 Å². The zero-order valence-electron chi connectivity index (χ0n) is 14.4. The normalized spacial score (nSPS) is 11.2. The predicted molar refractivity (Wildman–Crippen MR) is 98.7 cm³/mol. The van der Waals surface area contributed by atoms with Gasteiger partial charge in [-0.25, -0.2) is 4.79 Å². The van der Waals surface area contributed by atoms with Crippen molar-refractivity contribution in [2.24, 2.45) is 0 Å². The Morgan fingerprint density at radius 1 is 1.00 bits per heavy atom. The fraction of sp³-hybridized carbons (Fsp3) is 0.100. The van der Waals surface area contributed by atoms with Gasteiger partial charge in [-0.1, -0.05) is 12.1 Å².